The molecular weight excluding hydrogens is 292 g/mol. The summed E-state index contributed by atoms with van der Waals surface area (Å²) < 4.78 is 7.71. The first-order valence-corrected chi connectivity index (χ1v) is 8.73. The topological polar surface area (TPSA) is 52.8 Å². The van der Waals surface area contributed by atoms with Gasteiger partial charge in [0.25, 0.3) is 6.72 Å². The number of fused-ring (bicyclic) bond motifs is 3. The van der Waals surface area contributed by atoms with Crippen LogP contribution in [-0.2, 0) is 9.53 Å². The standard InChI is InChI=1S/C17H33N4O2/c1-15(17(2,3)4)23-16(22)14-21-11-8-20(9-12-21,10-13-21)7-6-19-18-5/h15H,5-14H2,1-4H3/q+3/t15-,20?,21?/m1/s1. The monoisotopic (exact) mass is 325 g/mol. The van der Waals surface area contributed by atoms with Gasteiger partial charge in [-0.25, -0.2) is 4.79 Å². The lowest BCUT2D eigenvalue weighted by Gasteiger charge is -2.54. The lowest BCUT2D eigenvalue weighted by atomic mass is 9.90. The Hall–Kier alpha value is -1.23. The molecule has 23 heavy (non-hydrogen) atoms. The van der Waals surface area contributed by atoms with Crippen molar-refractivity contribution in [3.63, 3.8) is 0 Å². The first kappa shape index (κ1) is 18.1. The molecule has 0 radical (unpaired) electrons. The number of carbonyl (C=O) groups excluding carboxylic acids is 1. The average molecular weight is 325 g/mol. The van der Waals surface area contributed by atoms with Crippen LogP contribution in [-0.4, -0.2) is 91.4 Å². The molecule has 0 aromatic carbocycles. The van der Waals surface area contributed by atoms with Gasteiger partial charge in [-0.05, 0) is 12.3 Å². The SMILES string of the molecule is C=[N+]=NCC[N+]12CC[N+](CC(=O)O[C@H](C)C(C)(C)C)(CC1)CC2. The van der Waals surface area contributed by atoms with Gasteiger partial charge in [0.1, 0.15) is 51.9 Å². The van der Waals surface area contributed by atoms with Crippen LogP contribution in [0.15, 0.2) is 5.11 Å². The van der Waals surface area contributed by atoms with Crippen molar-refractivity contribution in [2.75, 3.05) is 58.9 Å². The highest BCUT2D eigenvalue weighted by Crippen LogP contribution is 2.27. The minimum Gasteiger partial charge on any atom is -0.458 e. The van der Waals surface area contributed by atoms with Crippen molar-refractivity contribution in [3.8, 4) is 0 Å². The Labute approximate surface area is 140 Å². The second kappa shape index (κ2) is 6.71. The lowest BCUT2D eigenvalue weighted by molar-refractivity contribution is -1.08. The summed E-state index contributed by atoms with van der Waals surface area (Å²) in [6.07, 6.45) is -0.0503. The van der Waals surface area contributed by atoms with Gasteiger partial charge in [0.2, 0.25) is 0 Å². The summed E-state index contributed by atoms with van der Waals surface area (Å²) >= 11 is 0. The van der Waals surface area contributed by atoms with E-state index in [1.807, 2.05) is 6.92 Å². The van der Waals surface area contributed by atoms with Crippen molar-refractivity contribution in [2.24, 2.45) is 10.5 Å². The van der Waals surface area contributed by atoms with E-state index in [0.717, 1.165) is 61.3 Å². The number of nitrogens with zero attached hydrogens (tertiary/aromatic N) is 4. The number of hydrogen-bond acceptors (Lipinski definition) is 3. The molecule has 6 nitrogen and oxygen atoms in total. The maximum absolute atomic E-state index is 12.4. The molecule has 3 rings (SSSR count). The van der Waals surface area contributed by atoms with Gasteiger partial charge in [-0.1, -0.05) is 20.8 Å². The average Bonchev–Trinajstić information content (AvgIpc) is 2.48. The van der Waals surface area contributed by atoms with Crippen LogP contribution in [0, 0.1) is 5.41 Å². The molecule has 0 amide bonds. The third kappa shape index (κ3) is 4.40. The fraction of sp³-hybridized carbons (Fsp3) is 0.882. The van der Waals surface area contributed by atoms with Gasteiger partial charge in [-0.2, -0.15) is 0 Å². The zero-order valence-corrected chi connectivity index (χ0v) is 15.3. The van der Waals surface area contributed by atoms with Crippen LogP contribution in [0.25, 0.3) is 0 Å². The number of carbonyl (C=O) groups is 1. The molecule has 3 aliphatic rings. The zero-order valence-electron chi connectivity index (χ0n) is 15.3. The van der Waals surface area contributed by atoms with Gasteiger partial charge in [-0.3, -0.25) is 0 Å². The summed E-state index contributed by atoms with van der Waals surface area (Å²) in [4.78, 5) is 16.0. The second-order valence-electron chi connectivity index (χ2n) is 8.41. The predicted molar refractivity (Wildman–Crippen MR) is 89.1 cm³/mol. The molecule has 2 bridgehead atoms. The predicted octanol–water partition coefficient (Wildman–Crippen LogP) is 0.986. The van der Waals surface area contributed by atoms with Gasteiger partial charge in [0.05, 0.1) is 5.11 Å². The Morgan fingerprint density at radius 3 is 2.17 bits per heavy atom. The largest absolute Gasteiger partial charge is 0.458 e. The third-order valence-corrected chi connectivity index (χ3v) is 5.91. The van der Waals surface area contributed by atoms with Gasteiger partial charge in [-0.15, -0.1) is 0 Å². The molecule has 0 unspecified atom stereocenters. The molecule has 3 aliphatic heterocycles. The van der Waals surface area contributed by atoms with Crippen molar-refractivity contribution < 1.29 is 23.3 Å². The van der Waals surface area contributed by atoms with E-state index in [2.05, 4.69) is 37.4 Å². The van der Waals surface area contributed by atoms with E-state index in [1.165, 1.54) is 0 Å². The normalized spacial score (nSPS) is 31.3. The molecule has 130 valence electrons. The summed E-state index contributed by atoms with van der Waals surface area (Å²) in [7, 11) is 0. The Kier molecular flexibility index (Phi) is 5.29. The van der Waals surface area contributed by atoms with E-state index in [-0.39, 0.29) is 17.5 Å². The highest BCUT2D eigenvalue weighted by atomic mass is 16.5. The molecule has 3 fully saturated rings. The van der Waals surface area contributed by atoms with Crippen LogP contribution in [0.4, 0.5) is 0 Å². The van der Waals surface area contributed by atoms with Crippen LogP contribution in [0.2, 0.25) is 0 Å². The minimum atomic E-state index is -0.0503. The Morgan fingerprint density at radius 2 is 1.70 bits per heavy atom. The number of quaternary nitrogens is 2. The number of piperazine rings is 3. The Balaban J connectivity index is 1.87. The first-order chi connectivity index (χ1) is 10.7. The second-order valence-corrected chi connectivity index (χ2v) is 8.41. The Morgan fingerprint density at radius 1 is 1.17 bits per heavy atom. The third-order valence-electron chi connectivity index (χ3n) is 5.91. The number of rotatable bonds is 6. The summed E-state index contributed by atoms with van der Waals surface area (Å²) in [6.45, 7) is 20.7. The van der Waals surface area contributed by atoms with E-state index < -0.39 is 0 Å². The number of ether oxygens (including phenoxy) is 1. The van der Waals surface area contributed by atoms with Crippen molar-refractivity contribution in [1.29, 1.82) is 0 Å². The van der Waals surface area contributed by atoms with Crippen molar-refractivity contribution in [1.82, 2.24) is 0 Å². The lowest BCUT2D eigenvalue weighted by Crippen LogP contribution is -2.76. The summed E-state index contributed by atoms with van der Waals surface area (Å²) in [5, 5.41) is 4.02. The van der Waals surface area contributed by atoms with E-state index in [0.29, 0.717) is 6.54 Å². The zero-order chi connectivity index (χ0) is 17.1. The quantitative estimate of drug-likeness (QED) is 0.240. The molecule has 0 aromatic rings. The van der Waals surface area contributed by atoms with Gasteiger partial charge in [0, 0.05) is 4.79 Å². The van der Waals surface area contributed by atoms with Crippen molar-refractivity contribution >= 4 is 12.7 Å². The first-order valence-electron chi connectivity index (χ1n) is 8.73. The van der Waals surface area contributed by atoms with Crippen LogP contribution in [0.3, 0.4) is 0 Å². The van der Waals surface area contributed by atoms with Crippen molar-refractivity contribution in [2.45, 2.75) is 33.8 Å². The molecule has 6 heteroatoms. The highest BCUT2D eigenvalue weighted by Gasteiger charge is 2.50. The van der Waals surface area contributed by atoms with Crippen LogP contribution >= 0.6 is 0 Å². The molecule has 0 aromatic heterocycles. The van der Waals surface area contributed by atoms with E-state index >= 15 is 0 Å². The fourth-order valence-corrected chi connectivity index (χ4v) is 3.53. The summed E-state index contributed by atoms with van der Waals surface area (Å²) in [5.74, 6) is -0.0415. The van der Waals surface area contributed by atoms with Crippen LogP contribution < -0.4 is 0 Å². The van der Waals surface area contributed by atoms with Gasteiger partial charge in [0.15, 0.2) is 13.1 Å². The minimum absolute atomic E-state index is 0.00577. The Bertz CT molecular complexity index is 467. The molecule has 3 heterocycles. The molecule has 0 spiro atoms. The smallest absolute Gasteiger partial charge is 0.362 e. The number of esters is 1. The van der Waals surface area contributed by atoms with Crippen LogP contribution in [0.1, 0.15) is 27.7 Å². The number of hydrogen-bond donors (Lipinski definition) is 0. The molecule has 0 saturated carbocycles. The van der Waals surface area contributed by atoms with Gasteiger partial charge >= 0.3 is 5.97 Å². The maximum Gasteiger partial charge on any atom is 0.362 e. The molecule has 0 aliphatic carbocycles. The molecular formula is C17H33N4O2+3. The van der Waals surface area contributed by atoms with Gasteiger partial charge < -0.3 is 13.7 Å². The van der Waals surface area contributed by atoms with E-state index in [9.17, 15) is 4.79 Å². The van der Waals surface area contributed by atoms with E-state index in [4.69, 9.17) is 4.74 Å². The molecule has 0 N–H and O–H groups in total. The summed E-state index contributed by atoms with van der Waals surface area (Å²) in [6, 6.07) is 0. The molecule has 1 atom stereocenters. The van der Waals surface area contributed by atoms with Crippen molar-refractivity contribution in [3.05, 3.63) is 0 Å². The maximum atomic E-state index is 12.4. The van der Waals surface area contributed by atoms with Crippen LogP contribution in [0.5, 0.6) is 0 Å². The highest BCUT2D eigenvalue weighted by molar-refractivity contribution is 5.70. The fourth-order valence-electron chi connectivity index (χ4n) is 3.53. The van der Waals surface area contributed by atoms with E-state index in [1.54, 1.807) is 0 Å². The molecule has 3 saturated heterocycles. The summed E-state index contributed by atoms with van der Waals surface area (Å²) in [5.41, 5.74) is -0.00577.